The second kappa shape index (κ2) is 4.31. The second-order valence-corrected chi connectivity index (χ2v) is 6.18. The molecule has 0 aliphatic heterocycles. The van der Waals surface area contributed by atoms with Crippen molar-refractivity contribution in [3.05, 3.63) is 11.1 Å². The van der Waals surface area contributed by atoms with E-state index in [0.717, 1.165) is 4.34 Å². The van der Waals surface area contributed by atoms with Crippen LogP contribution in [0.15, 0.2) is 10.5 Å². The highest BCUT2D eigenvalue weighted by Gasteiger charge is 2.17. The number of hydrogen-bond donors (Lipinski definition) is 1. The van der Waals surface area contributed by atoms with Gasteiger partial charge in [0.2, 0.25) is 0 Å². The predicted octanol–water partition coefficient (Wildman–Crippen LogP) is 2.62. The highest BCUT2D eigenvalue weighted by molar-refractivity contribution is 8.01. The summed E-state index contributed by atoms with van der Waals surface area (Å²) in [6.07, 6.45) is 1.83. The number of thioether (sulfide) groups is 1. The van der Waals surface area contributed by atoms with Crippen molar-refractivity contribution in [1.29, 1.82) is 0 Å². The van der Waals surface area contributed by atoms with Gasteiger partial charge in [0.25, 0.3) is 0 Å². The Morgan fingerprint density at radius 3 is 2.71 bits per heavy atom. The number of nitrogens with zero attached hydrogens (tertiary/aromatic N) is 1. The smallest absolute Gasteiger partial charge is 0.313 e. The molecule has 0 aliphatic carbocycles. The largest absolute Gasteiger partial charge is 0.481 e. The number of carboxylic acids is 1. The van der Waals surface area contributed by atoms with Crippen molar-refractivity contribution in [1.82, 2.24) is 4.98 Å². The molecule has 0 saturated carbocycles. The van der Waals surface area contributed by atoms with Crippen LogP contribution >= 0.6 is 23.1 Å². The normalized spacial score (nSPS) is 11.6. The average molecular weight is 231 g/mol. The van der Waals surface area contributed by atoms with Crippen molar-refractivity contribution in [3.8, 4) is 0 Å². The second-order valence-electron chi connectivity index (χ2n) is 3.92. The predicted molar refractivity (Wildman–Crippen MR) is 59.2 cm³/mol. The Hall–Kier alpha value is -0.550. The van der Waals surface area contributed by atoms with Gasteiger partial charge in [0, 0.05) is 11.1 Å². The van der Waals surface area contributed by atoms with E-state index in [1.807, 2.05) is 6.20 Å². The fourth-order valence-corrected chi connectivity index (χ4v) is 2.56. The summed E-state index contributed by atoms with van der Waals surface area (Å²) >= 11 is 2.84. The summed E-state index contributed by atoms with van der Waals surface area (Å²) in [7, 11) is 0. The van der Waals surface area contributed by atoms with Crippen molar-refractivity contribution < 1.29 is 9.90 Å². The molecule has 1 aromatic heterocycles. The van der Waals surface area contributed by atoms with Crippen LogP contribution in [0.2, 0.25) is 0 Å². The number of aromatic nitrogens is 1. The van der Waals surface area contributed by atoms with Crippen molar-refractivity contribution in [2.45, 2.75) is 30.5 Å². The Bertz CT molecular complexity index is 328. The molecule has 0 bridgehead atoms. The standard InChI is InChI=1S/C9H13NO2S2/c1-9(2,3)6-4-10-8(14-6)13-5-7(11)12/h4H,5H2,1-3H3,(H,11,12). The molecular formula is C9H13NO2S2. The lowest BCUT2D eigenvalue weighted by atomic mass is 9.96. The molecule has 1 heterocycles. The Kier molecular flexibility index (Phi) is 3.55. The van der Waals surface area contributed by atoms with E-state index in [2.05, 4.69) is 25.8 Å². The van der Waals surface area contributed by atoms with Gasteiger partial charge in [0.05, 0.1) is 5.75 Å². The number of hydrogen-bond acceptors (Lipinski definition) is 4. The van der Waals surface area contributed by atoms with Gasteiger partial charge < -0.3 is 5.11 Å². The molecule has 78 valence electrons. The van der Waals surface area contributed by atoms with Gasteiger partial charge in [0.15, 0.2) is 4.34 Å². The minimum absolute atomic E-state index is 0.0805. The first-order valence-corrected chi connectivity index (χ1v) is 6.00. The van der Waals surface area contributed by atoms with Crippen LogP contribution < -0.4 is 0 Å². The molecular weight excluding hydrogens is 218 g/mol. The van der Waals surface area contributed by atoms with Crippen LogP contribution in [0, 0.1) is 0 Å². The summed E-state index contributed by atoms with van der Waals surface area (Å²) < 4.78 is 0.831. The molecule has 1 aromatic rings. The van der Waals surface area contributed by atoms with Gasteiger partial charge >= 0.3 is 5.97 Å². The van der Waals surface area contributed by atoms with Crippen LogP contribution in [0.3, 0.4) is 0 Å². The zero-order valence-corrected chi connectivity index (χ0v) is 10.0. The first-order chi connectivity index (χ1) is 6.39. The fourth-order valence-electron chi connectivity index (χ4n) is 0.795. The molecule has 0 radical (unpaired) electrons. The summed E-state index contributed by atoms with van der Waals surface area (Å²) in [6, 6.07) is 0. The maximum atomic E-state index is 10.3. The van der Waals surface area contributed by atoms with E-state index in [0.29, 0.717) is 0 Å². The molecule has 0 fully saturated rings. The molecule has 0 atom stereocenters. The third-order valence-electron chi connectivity index (χ3n) is 1.54. The number of thiazole rings is 1. The number of aliphatic carboxylic acids is 1. The highest BCUT2D eigenvalue weighted by Crippen LogP contribution is 2.32. The lowest BCUT2D eigenvalue weighted by molar-refractivity contribution is -0.133. The SMILES string of the molecule is CC(C)(C)c1cnc(SCC(=O)O)s1. The molecule has 1 rings (SSSR count). The summed E-state index contributed by atoms with van der Waals surface area (Å²) in [6.45, 7) is 6.35. The Morgan fingerprint density at radius 1 is 1.64 bits per heavy atom. The summed E-state index contributed by atoms with van der Waals surface area (Å²) in [4.78, 5) is 15.7. The summed E-state index contributed by atoms with van der Waals surface area (Å²) in [5.41, 5.74) is 0.0969. The quantitative estimate of drug-likeness (QED) is 0.812. The van der Waals surface area contributed by atoms with Crippen LogP contribution in [-0.4, -0.2) is 21.8 Å². The van der Waals surface area contributed by atoms with Crippen LogP contribution in [-0.2, 0) is 10.2 Å². The number of rotatable bonds is 3. The van der Waals surface area contributed by atoms with Crippen LogP contribution in [0.4, 0.5) is 0 Å². The zero-order chi connectivity index (χ0) is 10.8. The van der Waals surface area contributed by atoms with Crippen LogP contribution in [0.5, 0.6) is 0 Å². The van der Waals surface area contributed by atoms with Gasteiger partial charge in [-0.1, -0.05) is 32.5 Å². The fraction of sp³-hybridized carbons (Fsp3) is 0.556. The Morgan fingerprint density at radius 2 is 2.29 bits per heavy atom. The molecule has 14 heavy (non-hydrogen) atoms. The molecule has 3 nitrogen and oxygen atoms in total. The van der Waals surface area contributed by atoms with Crippen LogP contribution in [0.1, 0.15) is 25.6 Å². The average Bonchev–Trinajstić information content (AvgIpc) is 2.47. The lowest BCUT2D eigenvalue weighted by Crippen LogP contribution is -2.07. The highest BCUT2D eigenvalue weighted by atomic mass is 32.2. The first-order valence-electron chi connectivity index (χ1n) is 4.20. The topological polar surface area (TPSA) is 50.2 Å². The maximum absolute atomic E-state index is 10.3. The molecule has 0 unspecified atom stereocenters. The molecule has 5 heteroatoms. The van der Waals surface area contributed by atoms with Gasteiger partial charge in [-0.25, -0.2) is 4.98 Å². The molecule has 0 spiro atoms. The Labute approximate surface area is 91.6 Å². The Balaban J connectivity index is 2.64. The number of carboxylic acid groups (broad SMARTS) is 1. The summed E-state index contributed by atoms with van der Waals surface area (Å²) in [5.74, 6) is -0.723. The molecule has 0 saturated heterocycles. The van der Waals surface area contributed by atoms with E-state index in [9.17, 15) is 4.79 Å². The van der Waals surface area contributed by atoms with Crippen LogP contribution in [0.25, 0.3) is 0 Å². The van der Waals surface area contributed by atoms with Gasteiger partial charge in [0.1, 0.15) is 0 Å². The third kappa shape index (κ3) is 3.31. The van der Waals surface area contributed by atoms with Gasteiger partial charge in [-0.2, -0.15) is 0 Å². The minimum Gasteiger partial charge on any atom is -0.481 e. The van der Waals surface area contributed by atoms with E-state index >= 15 is 0 Å². The monoisotopic (exact) mass is 231 g/mol. The van der Waals surface area contributed by atoms with Gasteiger partial charge in [-0.3, -0.25) is 4.79 Å². The minimum atomic E-state index is -0.803. The van der Waals surface area contributed by atoms with E-state index in [-0.39, 0.29) is 11.2 Å². The molecule has 1 N–H and O–H groups in total. The van der Waals surface area contributed by atoms with Crippen molar-refractivity contribution >= 4 is 29.1 Å². The molecule has 0 aromatic carbocycles. The summed E-state index contributed by atoms with van der Waals surface area (Å²) in [5, 5.41) is 8.50. The molecule has 0 aliphatic rings. The molecule has 0 amide bonds. The number of carbonyl (C=O) groups is 1. The maximum Gasteiger partial charge on any atom is 0.313 e. The van der Waals surface area contributed by atoms with E-state index in [4.69, 9.17) is 5.11 Å². The lowest BCUT2D eigenvalue weighted by Gasteiger charge is -2.14. The first kappa shape index (κ1) is 11.5. The zero-order valence-electron chi connectivity index (χ0n) is 8.40. The van der Waals surface area contributed by atoms with E-state index < -0.39 is 5.97 Å². The van der Waals surface area contributed by atoms with Crippen molar-refractivity contribution in [2.24, 2.45) is 0 Å². The third-order valence-corrected chi connectivity index (χ3v) is 4.11. The van der Waals surface area contributed by atoms with Crippen molar-refractivity contribution in [3.63, 3.8) is 0 Å². The van der Waals surface area contributed by atoms with Gasteiger partial charge in [-0.15, -0.1) is 11.3 Å². The van der Waals surface area contributed by atoms with E-state index in [1.165, 1.54) is 16.6 Å². The van der Waals surface area contributed by atoms with Gasteiger partial charge in [-0.05, 0) is 5.41 Å². The van der Waals surface area contributed by atoms with E-state index in [1.54, 1.807) is 11.3 Å². The van der Waals surface area contributed by atoms with Crippen molar-refractivity contribution in [2.75, 3.05) is 5.75 Å².